The molecule has 2 amide bonds. The van der Waals surface area contributed by atoms with Crippen LogP contribution in [0.1, 0.15) is 6.92 Å². The molecule has 0 aliphatic carbocycles. The molecule has 1 aromatic rings. The van der Waals surface area contributed by atoms with Gasteiger partial charge in [0.2, 0.25) is 5.91 Å². The molecule has 1 N–H and O–H groups in total. The molecule has 0 radical (unpaired) electrons. The molecule has 0 atom stereocenters. The van der Waals surface area contributed by atoms with Crippen LogP contribution in [-0.4, -0.2) is 47.8 Å². The van der Waals surface area contributed by atoms with Gasteiger partial charge in [-0.1, -0.05) is 23.2 Å². The van der Waals surface area contributed by atoms with Gasteiger partial charge < -0.3 is 15.1 Å². The highest BCUT2D eigenvalue weighted by Gasteiger charge is 2.24. The normalized spacial score (nSPS) is 15.0. The van der Waals surface area contributed by atoms with Crippen LogP contribution in [0.3, 0.4) is 0 Å². The lowest BCUT2D eigenvalue weighted by Gasteiger charge is -2.34. The van der Waals surface area contributed by atoms with Gasteiger partial charge in [-0.05, 0) is 18.2 Å². The summed E-state index contributed by atoms with van der Waals surface area (Å²) in [6, 6.07) is 6.75. The Bertz CT molecular complexity index is 719. The van der Waals surface area contributed by atoms with Crippen molar-refractivity contribution in [2.24, 2.45) is 0 Å². The average molecular weight is 367 g/mol. The zero-order chi connectivity index (χ0) is 17.7. The molecule has 1 aromatic carbocycles. The predicted molar refractivity (Wildman–Crippen MR) is 92.6 cm³/mol. The summed E-state index contributed by atoms with van der Waals surface area (Å²) >= 11 is 11.9. The first-order chi connectivity index (χ1) is 11.4. The van der Waals surface area contributed by atoms with E-state index in [0.29, 0.717) is 41.9 Å². The molecule has 0 aromatic heterocycles. The maximum Gasteiger partial charge on any atom is 0.266 e. The molecule has 0 saturated carbocycles. The van der Waals surface area contributed by atoms with Crippen molar-refractivity contribution in [3.63, 3.8) is 0 Å². The fraction of sp³-hybridized carbons (Fsp3) is 0.312. The van der Waals surface area contributed by atoms with Crippen molar-refractivity contribution in [2.45, 2.75) is 6.92 Å². The predicted octanol–water partition coefficient (Wildman–Crippen LogP) is 2.50. The van der Waals surface area contributed by atoms with Crippen LogP contribution < -0.4 is 5.32 Å². The van der Waals surface area contributed by atoms with Crippen molar-refractivity contribution in [3.8, 4) is 6.07 Å². The van der Waals surface area contributed by atoms with E-state index in [-0.39, 0.29) is 17.4 Å². The lowest BCUT2D eigenvalue weighted by Crippen LogP contribution is -2.50. The fourth-order valence-electron chi connectivity index (χ4n) is 2.29. The molecule has 8 heteroatoms. The second-order valence-corrected chi connectivity index (χ2v) is 6.08. The highest BCUT2D eigenvalue weighted by Crippen LogP contribution is 2.25. The fourth-order valence-corrected chi connectivity index (χ4v) is 2.64. The van der Waals surface area contributed by atoms with Crippen molar-refractivity contribution in [2.75, 3.05) is 31.5 Å². The van der Waals surface area contributed by atoms with Crippen LogP contribution in [0.15, 0.2) is 30.0 Å². The van der Waals surface area contributed by atoms with E-state index < -0.39 is 0 Å². The van der Waals surface area contributed by atoms with Gasteiger partial charge in [0, 0.05) is 44.3 Å². The number of halogens is 2. The van der Waals surface area contributed by atoms with Crippen LogP contribution in [0, 0.1) is 11.3 Å². The number of benzene rings is 1. The molecule has 1 heterocycles. The van der Waals surface area contributed by atoms with Crippen molar-refractivity contribution in [1.29, 1.82) is 5.26 Å². The van der Waals surface area contributed by atoms with Crippen LogP contribution in [-0.2, 0) is 9.59 Å². The summed E-state index contributed by atoms with van der Waals surface area (Å²) in [6.45, 7) is 3.22. The van der Waals surface area contributed by atoms with Crippen molar-refractivity contribution in [1.82, 2.24) is 9.80 Å². The van der Waals surface area contributed by atoms with Gasteiger partial charge in [-0.25, -0.2) is 0 Å². The summed E-state index contributed by atoms with van der Waals surface area (Å²) < 4.78 is 0. The third kappa shape index (κ3) is 4.40. The van der Waals surface area contributed by atoms with E-state index >= 15 is 0 Å². The lowest BCUT2D eigenvalue weighted by atomic mass is 10.2. The van der Waals surface area contributed by atoms with E-state index in [2.05, 4.69) is 5.32 Å². The van der Waals surface area contributed by atoms with Gasteiger partial charge in [0.05, 0.1) is 10.7 Å². The molecule has 0 unspecified atom stereocenters. The Balaban J connectivity index is 2.05. The van der Waals surface area contributed by atoms with Gasteiger partial charge in [0.25, 0.3) is 5.91 Å². The minimum atomic E-state index is -0.383. The third-order valence-corrected chi connectivity index (χ3v) is 4.23. The number of rotatable bonds is 3. The van der Waals surface area contributed by atoms with E-state index in [1.54, 1.807) is 28.0 Å². The molecule has 24 heavy (non-hydrogen) atoms. The zero-order valence-corrected chi connectivity index (χ0v) is 14.6. The summed E-state index contributed by atoms with van der Waals surface area (Å²) in [4.78, 5) is 26.9. The first kappa shape index (κ1) is 18.1. The molecule has 0 spiro atoms. The Kier molecular flexibility index (Phi) is 6.07. The van der Waals surface area contributed by atoms with Crippen LogP contribution in [0.25, 0.3) is 0 Å². The van der Waals surface area contributed by atoms with E-state index in [1.165, 1.54) is 13.1 Å². The second-order valence-electron chi connectivity index (χ2n) is 5.24. The molecule has 1 aliphatic heterocycles. The first-order valence-corrected chi connectivity index (χ1v) is 8.04. The maximum atomic E-state index is 12.4. The Labute approximate surface area is 150 Å². The van der Waals surface area contributed by atoms with E-state index in [9.17, 15) is 14.9 Å². The topological polar surface area (TPSA) is 76.4 Å². The van der Waals surface area contributed by atoms with Gasteiger partial charge >= 0.3 is 0 Å². The number of hydrogen-bond acceptors (Lipinski definition) is 4. The number of nitriles is 1. The van der Waals surface area contributed by atoms with E-state index in [4.69, 9.17) is 23.2 Å². The summed E-state index contributed by atoms with van der Waals surface area (Å²) in [6.07, 6.45) is 1.32. The van der Waals surface area contributed by atoms with Crippen LogP contribution in [0.4, 0.5) is 5.69 Å². The van der Waals surface area contributed by atoms with Gasteiger partial charge in [0.15, 0.2) is 0 Å². The summed E-state index contributed by atoms with van der Waals surface area (Å²) in [5, 5.41) is 13.0. The molecule has 1 fully saturated rings. The molecule has 0 bridgehead atoms. The number of hydrogen-bond donors (Lipinski definition) is 1. The Morgan fingerprint density at radius 2 is 1.83 bits per heavy atom. The smallest absolute Gasteiger partial charge is 0.266 e. The molecule has 6 nitrogen and oxygen atoms in total. The quantitative estimate of drug-likeness (QED) is 0.658. The minimum Gasteiger partial charge on any atom is -0.359 e. The van der Waals surface area contributed by atoms with Crippen LogP contribution in [0.2, 0.25) is 10.0 Å². The van der Waals surface area contributed by atoms with Gasteiger partial charge in [-0.3, -0.25) is 9.59 Å². The Hall–Kier alpha value is -2.23. The van der Waals surface area contributed by atoms with Crippen molar-refractivity contribution >= 4 is 40.7 Å². The summed E-state index contributed by atoms with van der Waals surface area (Å²) in [7, 11) is 0. The Morgan fingerprint density at radius 1 is 1.21 bits per heavy atom. The summed E-state index contributed by atoms with van der Waals surface area (Å²) in [5.41, 5.74) is 0.466. The molecular formula is C16H16Cl2N4O2. The average Bonchev–Trinajstić information content (AvgIpc) is 2.58. The number of carbonyl (C=O) groups excluding carboxylic acids is 2. The lowest BCUT2D eigenvalue weighted by molar-refractivity contribution is -0.136. The minimum absolute atomic E-state index is 0.0181. The first-order valence-electron chi connectivity index (χ1n) is 7.29. The molecule has 1 aliphatic rings. The monoisotopic (exact) mass is 366 g/mol. The third-order valence-electron chi connectivity index (χ3n) is 3.66. The molecular weight excluding hydrogens is 351 g/mol. The number of nitrogens with zero attached hydrogens (tertiary/aromatic N) is 3. The van der Waals surface area contributed by atoms with Crippen LogP contribution >= 0.6 is 23.2 Å². The van der Waals surface area contributed by atoms with E-state index in [1.807, 2.05) is 6.07 Å². The SMILES string of the molecule is CC(=O)N1CCN(C(=O)/C(C#N)=C\Nc2cc(Cl)ccc2Cl)CC1. The zero-order valence-electron chi connectivity index (χ0n) is 13.1. The van der Waals surface area contributed by atoms with Crippen molar-refractivity contribution in [3.05, 3.63) is 40.0 Å². The molecule has 126 valence electrons. The highest BCUT2D eigenvalue weighted by atomic mass is 35.5. The van der Waals surface area contributed by atoms with Gasteiger partial charge in [-0.2, -0.15) is 5.26 Å². The number of piperazine rings is 1. The van der Waals surface area contributed by atoms with Crippen molar-refractivity contribution < 1.29 is 9.59 Å². The Morgan fingerprint density at radius 3 is 2.42 bits per heavy atom. The van der Waals surface area contributed by atoms with Gasteiger partial charge in [0.1, 0.15) is 11.6 Å². The standard InChI is InChI=1S/C16H16Cl2N4O2/c1-11(23)21-4-6-22(7-5-21)16(24)12(9-19)10-20-15-8-13(17)2-3-14(15)18/h2-3,8,10,20H,4-7H2,1H3/b12-10-. The number of amides is 2. The summed E-state index contributed by atoms with van der Waals surface area (Å²) in [5.74, 6) is -0.401. The molecule has 1 saturated heterocycles. The molecule has 2 rings (SSSR count). The maximum absolute atomic E-state index is 12.4. The largest absolute Gasteiger partial charge is 0.359 e. The van der Waals surface area contributed by atoms with Gasteiger partial charge in [-0.15, -0.1) is 0 Å². The number of carbonyl (C=O) groups is 2. The number of nitrogens with one attached hydrogen (secondary N) is 1. The van der Waals surface area contributed by atoms with Crippen LogP contribution in [0.5, 0.6) is 0 Å². The van der Waals surface area contributed by atoms with E-state index in [0.717, 1.165) is 0 Å². The highest BCUT2D eigenvalue weighted by molar-refractivity contribution is 6.35. The second kappa shape index (κ2) is 8.04. The number of anilines is 1.